The molecule has 1 saturated carbocycles. The third-order valence-electron chi connectivity index (χ3n) is 5.06. The van der Waals surface area contributed by atoms with E-state index in [1.54, 1.807) is 0 Å². The summed E-state index contributed by atoms with van der Waals surface area (Å²) in [6.07, 6.45) is 8.19. The molecule has 134 valence electrons. The lowest BCUT2D eigenvalue weighted by Gasteiger charge is -2.22. The number of benzene rings is 1. The minimum absolute atomic E-state index is 0.173. The van der Waals surface area contributed by atoms with E-state index in [1.807, 2.05) is 25.1 Å². The zero-order chi connectivity index (χ0) is 17.6. The van der Waals surface area contributed by atoms with E-state index < -0.39 is 0 Å². The lowest BCUT2D eigenvalue weighted by Crippen LogP contribution is -2.36. The summed E-state index contributed by atoms with van der Waals surface area (Å²) < 4.78 is 5.85. The molecular formula is C21H28N2O2. The van der Waals surface area contributed by atoms with Crippen LogP contribution in [0.1, 0.15) is 62.0 Å². The van der Waals surface area contributed by atoms with Gasteiger partial charge in [-0.3, -0.25) is 4.79 Å². The van der Waals surface area contributed by atoms with Crippen LogP contribution in [0.25, 0.3) is 11.5 Å². The number of rotatable bonds is 6. The van der Waals surface area contributed by atoms with Gasteiger partial charge in [0.2, 0.25) is 11.8 Å². The zero-order valence-electron chi connectivity index (χ0n) is 15.3. The molecule has 0 spiro atoms. The monoisotopic (exact) mass is 340 g/mol. The van der Waals surface area contributed by atoms with Crippen LogP contribution in [0.15, 0.2) is 28.7 Å². The summed E-state index contributed by atoms with van der Waals surface area (Å²) in [6.45, 7) is 4.01. The smallest absolute Gasteiger partial charge is 0.226 e. The van der Waals surface area contributed by atoms with Crippen molar-refractivity contribution in [3.63, 3.8) is 0 Å². The van der Waals surface area contributed by atoms with Gasteiger partial charge in [-0.25, -0.2) is 4.98 Å². The molecule has 1 heterocycles. The maximum Gasteiger partial charge on any atom is 0.226 e. The molecule has 0 aliphatic heterocycles. The number of aromatic nitrogens is 1. The SMILES string of the molecule is Cc1ccccc1-c1nc(CCCC(=O)NC2CCCCC2)c(C)o1. The highest BCUT2D eigenvalue weighted by atomic mass is 16.4. The van der Waals surface area contributed by atoms with Gasteiger partial charge in [-0.1, -0.05) is 37.5 Å². The number of nitrogens with one attached hydrogen (secondary N) is 1. The van der Waals surface area contributed by atoms with Crippen LogP contribution in [0.4, 0.5) is 0 Å². The Balaban J connectivity index is 1.52. The van der Waals surface area contributed by atoms with Gasteiger partial charge in [0.25, 0.3) is 0 Å². The minimum Gasteiger partial charge on any atom is -0.441 e. The van der Waals surface area contributed by atoms with E-state index in [0.717, 1.165) is 48.3 Å². The molecule has 1 aromatic carbocycles. The van der Waals surface area contributed by atoms with Crippen LogP contribution in [-0.4, -0.2) is 16.9 Å². The fourth-order valence-corrected chi connectivity index (χ4v) is 3.55. The average molecular weight is 340 g/mol. The maximum atomic E-state index is 12.1. The van der Waals surface area contributed by atoms with E-state index in [4.69, 9.17) is 4.42 Å². The van der Waals surface area contributed by atoms with E-state index in [2.05, 4.69) is 23.3 Å². The van der Waals surface area contributed by atoms with Crippen molar-refractivity contribution in [1.29, 1.82) is 0 Å². The van der Waals surface area contributed by atoms with Gasteiger partial charge in [0, 0.05) is 18.0 Å². The van der Waals surface area contributed by atoms with Gasteiger partial charge in [0.1, 0.15) is 5.76 Å². The molecule has 3 rings (SSSR count). The van der Waals surface area contributed by atoms with Crippen LogP contribution >= 0.6 is 0 Å². The Bertz CT molecular complexity index is 714. The number of hydrogen-bond donors (Lipinski definition) is 1. The lowest BCUT2D eigenvalue weighted by molar-refractivity contribution is -0.122. The summed E-state index contributed by atoms with van der Waals surface area (Å²) in [6, 6.07) is 8.49. The maximum absolute atomic E-state index is 12.1. The Labute approximate surface area is 150 Å². The topological polar surface area (TPSA) is 55.1 Å². The molecule has 2 aromatic rings. The van der Waals surface area contributed by atoms with Crippen molar-refractivity contribution in [2.75, 3.05) is 0 Å². The highest BCUT2D eigenvalue weighted by Crippen LogP contribution is 2.25. The highest BCUT2D eigenvalue weighted by Gasteiger charge is 2.16. The van der Waals surface area contributed by atoms with Crippen molar-refractivity contribution in [2.45, 2.75) is 71.3 Å². The summed E-state index contributed by atoms with van der Waals surface area (Å²) in [5, 5.41) is 3.18. The van der Waals surface area contributed by atoms with Crippen LogP contribution in [0, 0.1) is 13.8 Å². The summed E-state index contributed by atoms with van der Waals surface area (Å²) in [7, 11) is 0. The minimum atomic E-state index is 0.173. The number of carbonyl (C=O) groups is 1. The van der Waals surface area contributed by atoms with Crippen LogP contribution in [0.2, 0.25) is 0 Å². The number of nitrogens with zero attached hydrogens (tertiary/aromatic N) is 1. The van der Waals surface area contributed by atoms with Crippen molar-refractivity contribution in [2.24, 2.45) is 0 Å². The van der Waals surface area contributed by atoms with Gasteiger partial charge < -0.3 is 9.73 Å². The zero-order valence-corrected chi connectivity index (χ0v) is 15.3. The summed E-state index contributed by atoms with van der Waals surface area (Å²) in [5.74, 6) is 1.70. The van der Waals surface area contributed by atoms with E-state index in [0.29, 0.717) is 18.4 Å². The standard InChI is InChI=1S/C21H28N2O2/c1-15-9-6-7-12-18(15)21-23-19(16(2)25-21)13-8-14-20(24)22-17-10-4-3-5-11-17/h6-7,9,12,17H,3-5,8,10-11,13-14H2,1-2H3,(H,22,24). The number of hydrogen-bond acceptors (Lipinski definition) is 3. The molecule has 0 bridgehead atoms. The fourth-order valence-electron chi connectivity index (χ4n) is 3.55. The van der Waals surface area contributed by atoms with Gasteiger partial charge in [0.05, 0.1) is 5.69 Å². The predicted molar refractivity (Wildman–Crippen MR) is 99.4 cm³/mol. The lowest BCUT2D eigenvalue weighted by atomic mass is 9.95. The molecular weight excluding hydrogens is 312 g/mol. The van der Waals surface area contributed by atoms with Crippen molar-refractivity contribution >= 4 is 5.91 Å². The van der Waals surface area contributed by atoms with Crippen molar-refractivity contribution in [3.8, 4) is 11.5 Å². The molecule has 25 heavy (non-hydrogen) atoms. The second kappa shape index (κ2) is 8.32. The molecule has 4 nitrogen and oxygen atoms in total. The van der Waals surface area contributed by atoms with Crippen LogP contribution in [0.3, 0.4) is 0 Å². The first-order valence-electron chi connectivity index (χ1n) is 9.45. The molecule has 1 aromatic heterocycles. The molecule has 1 aliphatic carbocycles. The first kappa shape index (κ1) is 17.7. The molecule has 0 radical (unpaired) electrons. The fraction of sp³-hybridized carbons (Fsp3) is 0.524. The first-order chi connectivity index (χ1) is 12.1. The second-order valence-electron chi connectivity index (χ2n) is 7.09. The Morgan fingerprint density at radius 2 is 1.96 bits per heavy atom. The number of amides is 1. The Kier molecular flexibility index (Phi) is 5.90. The molecule has 1 N–H and O–H groups in total. The van der Waals surface area contributed by atoms with Crippen molar-refractivity contribution in [1.82, 2.24) is 10.3 Å². The summed E-state index contributed by atoms with van der Waals surface area (Å²) in [4.78, 5) is 16.8. The Hall–Kier alpha value is -2.10. The third-order valence-corrected chi connectivity index (χ3v) is 5.06. The number of oxazole rings is 1. The van der Waals surface area contributed by atoms with Gasteiger partial charge in [-0.05, 0) is 51.2 Å². The molecule has 0 unspecified atom stereocenters. The van der Waals surface area contributed by atoms with E-state index in [1.165, 1.54) is 19.3 Å². The molecule has 1 amide bonds. The van der Waals surface area contributed by atoms with Crippen LogP contribution in [-0.2, 0) is 11.2 Å². The predicted octanol–water partition coefficient (Wildman–Crippen LogP) is 4.73. The molecule has 0 atom stereocenters. The quantitative estimate of drug-likeness (QED) is 0.827. The van der Waals surface area contributed by atoms with E-state index in [9.17, 15) is 4.79 Å². The van der Waals surface area contributed by atoms with Crippen LogP contribution < -0.4 is 5.32 Å². The number of aryl methyl sites for hydroxylation is 3. The van der Waals surface area contributed by atoms with E-state index in [-0.39, 0.29) is 5.91 Å². The third kappa shape index (κ3) is 4.71. The average Bonchev–Trinajstić information content (AvgIpc) is 2.97. The van der Waals surface area contributed by atoms with Gasteiger partial charge >= 0.3 is 0 Å². The van der Waals surface area contributed by atoms with E-state index >= 15 is 0 Å². The molecule has 1 aliphatic rings. The molecule has 0 saturated heterocycles. The summed E-state index contributed by atoms with van der Waals surface area (Å²) in [5.41, 5.74) is 3.15. The Morgan fingerprint density at radius 3 is 2.72 bits per heavy atom. The highest BCUT2D eigenvalue weighted by molar-refractivity contribution is 5.76. The van der Waals surface area contributed by atoms with Crippen molar-refractivity contribution < 1.29 is 9.21 Å². The normalized spacial score (nSPS) is 15.3. The molecule has 1 fully saturated rings. The number of carbonyl (C=O) groups excluding carboxylic acids is 1. The Morgan fingerprint density at radius 1 is 1.20 bits per heavy atom. The van der Waals surface area contributed by atoms with Gasteiger partial charge in [-0.2, -0.15) is 0 Å². The van der Waals surface area contributed by atoms with Crippen LogP contribution in [0.5, 0.6) is 0 Å². The second-order valence-corrected chi connectivity index (χ2v) is 7.09. The van der Waals surface area contributed by atoms with Gasteiger partial charge in [0.15, 0.2) is 0 Å². The van der Waals surface area contributed by atoms with Gasteiger partial charge in [-0.15, -0.1) is 0 Å². The van der Waals surface area contributed by atoms with Crippen molar-refractivity contribution in [3.05, 3.63) is 41.3 Å². The molecule has 4 heteroatoms. The largest absolute Gasteiger partial charge is 0.441 e. The first-order valence-corrected chi connectivity index (χ1v) is 9.45. The summed E-state index contributed by atoms with van der Waals surface area (Å²) >= 11 is 0.